The molecule has 0 bridgehead atoms. The third-order valence-corrected chi connectivity index (χ3v) is 5.36. The van der Waals surface area contributed by atoms with Crippen molar-refractivity contribution in [1.29, 1.82) is 0 Å². The number of hydrogen-bond donors (Lipinski definition) is 2. The molecule has 14 heteroatoms. The van der Waals surface area contributed by atoms with Crippen molar-refractivity contribution in [3.8, 4) is 23.0 Å². The largest absolute Gasteiger partial charge is 0.495 e. The van der Waals surface area contributed by atoms with Crippen molar-refractivity contribution in [2.75, 3.05) is 92.6 Å². The second kappa shape index (κ2) is 18.7. The molecule has 0 heterocycles. The van der Waals surface area contributed by atoms with Crippen LogP contribution in [0.15, 0.2) is 48.6 Å². The normalized spacial score (nSPS) is 10.8. The molecule has 2 amide bonds. The second-order valence-corrected chi connectivity index (χ2v) is 9.66. The van der Waals surface area contributed by atoms with Crippen LogP contribution in [0.3, 0.4) is 0 Å². The molecule has 0 atom stereocenters. The summed E-state index contributed by atoms with van der Waals surface area (Å²) in [7, 11) is 10.1. The standard InChI is InChI=1S/C30H40N4O10/c1-33(2)19-27(35)31-23-17-21(7-9-25(23)39-5)41-13-15-43-29(37)11-12-30(38)44-16-14-42-22-8-10-26(40-6)24(18-22)32-28(36)20-34(3)4/h7-12,17-18H,13-16,19-20H2,1-6H3,(H,31,35)(H,32,36)/b12-11-. The second-order valence-electron chi connectivity index (χ2n) is 9.66. The third kappa shape index (κ3) is 13.4. The molecule has 0 aromatic heterocycles. The summed E-state index contributed by atoms with van der Waals surface area (Å²) in [5.41, 5.74) is 0.886. The Morgan fingerprint density at radius 1 is 0.636 bits per heavy atom. The molecule has 0 aliphatic carbocycles. The van der Waals surface area contributed by atoms with Crippen LogP contribution in [0.25, 0.3) is 0 Å². The first-order valence-electron chi connectivity index (χ1n) is 13.5. The van der Waals surface area contributed by atoms with Gasteiger partial charge in [-0.1, -0.05) is 0 Å². The number of rotatable bonds is 18. The molecule has 0 saturated carbocycles. The zero-order valence-corrected chi connectivity index (χ0v) is 25.8. The Hall–Kier alpha value is -4.82. The van der Waals surface area contributed by atoms with Crippen molar-refractivity contribution in [2.24, 2.45) is 0 Å². The van der Waals surface area contributed by atoms with Crippen LogP contribution in [-0.2, 0) is 28.7 Å². The fourth-order valence-corrected chi connectivity index (χ4v) is 3.54. The molecule has 0 fully saturated rings. The maximum absolute atomic E-state index is 12.1. The Bertz CT molecular complexity index is 1200. The van der Waals surface area contributed by atoms with Crippen molar-refractivity contribution in [3.05, 3.63) is 48.6 Å². The summed E-state index contributed by atoms with van der Waals surface area (Å²) in [6.07, 6.45) is 1.89. The molecular formula is C30H40N4O10. The Morgan fingerprint density at radius 3 is 1.36 bits per heavy atom. The molecule has 2 aromatic carbocycles. The number of amides is 2. The zero-order valence-electron chi connectivity index (χ0n) is 25.8. The lowest BCUT2D eigenvalue weighted by Crippen LogP contribution is -2.27. The maximum Gasteiger partial charge on any atom is 0.331 e. The minimum atomic E-state index is -0.754. The average molecular weight is 617 g/mol. The van der Waals surface area contributed by atoms with Crippen LogP contribution in [0.2, 0.25) is 0 Å². The van der Waals surface area contributed by atoms with Gasteiger partial charge >= 0.3 is 11.9 Å². The van der Waals surface area contributed by atoms with Crippen LogP contribution < -0.4 is 29.6 Å². The molecule has 0 saturated heterocycles. The summed E-state index contributed by atoms with van der Waals surface area (Å²) in [5, 5.41) is 5.52. The number of benzene rings is 2. The summed E-state index contributed by atoms with van der Waals surface area (Å²) in [4.78, 5) is 51.5. The molecular weight excluding hydrogens is 576 g/mol. The van der Waals surface area contributed by atoms with E-state index in [1.54, 1.807) is 74.4 Å². The molecule has 0 spiro atoms. The van der Waals surface area contributed by atoms with E-state index < -0.39 is 11.9 Å². The monoisotopic (exact) mass is 616 g/mol. The van der Waals surface area contributed by atoms with E-state index in [-0.39, 0.29) is 51.3 Å². The average Bonchev–Trinajstić information content (AvgIpc) is 2.96. The van der Waals surface area contributed by atoms with E-state index in [0.717, 1.165) is 12.2 Å². The van der Waals surface area contributed by atoms with Crippen molar-refractivity contribution in [3.63, 3.8) is 0 Å². The zero-order chi connectivity index (χ0) is 32.5. The molecule has 2 rings (SSSR count). The van der Waals surface area contributed by atoms with Crippen LogP contribution in [-0.4, -0.2) is 115 Å². The molecule has 0 aliphatic heterocycles. The van der Waals surface area contributed by atoms with Gasteiger partial charge in [-0.05, 0) is 52.5 Å². The minimum absolute atomic E-state index is 0.0329. The quantitative estimate of drug-likeness (QED) is 0.143. The molecule has 0 aliphatic rings. The smallest absolute Gasteiger partial charge is 0.331 e. The van der Waals surface area contributed by atoms with Crippen molar-refractivity contribution in [1.82, 2.24) is 9.80 Å². The fourth-order valence-electron chi connectivity index (χ4n) is 3.54. The minimum Gasteiger partial charge on any atom is -0.495 e. The Labute approximate surface area is 256 Å². The van der Waals surface area contributed by atoms with Crippen molar-refractivity contribution < 1.29 is 47.6 Å². The number of methoxy groups -OCH3 is 2. The predicted octanol–water partition coefficient (Wildman–Crippen LogP) is 1.80. The lowest BCUT2D eigenvalue weighted by molar-refractivity contribution is -0.141. The van der Waals surface area contributed by atoms with Crippen LogP contribution in [0.4, 0.5) is 11.4 Å². The van der Waals surface area contributed by atoms with E-state index in [0.29, 0.717) is 34.4 Å². The molecule has 44 heavy (non-hydrogen) atoms. The fraction of sp³-hybridized carbons (Fsp3) is 0.400. The summed E-state index contributed by atoms with van der Waals surface area (Å²) in [6, 6.07) is 9.80. The summed E-state index contributed by atoms with van der Waals surface area (Å²) in [6.45, 7) is 0.294. The van der Waals surface area contributed by atoms with Gasteiger partial charge in [-0.2, -0.15) is 0 Å². The van der Waals surface area contributed by atoms with Gasteiger partial charge in [0.1, 0.15) is 49.4 Å². The number of hydrogen-bond acceptors (Lipinski definition) is 12. The lowest BCUT2D eigenvalue weighted by Gasteiger charge is -2.14. The molecule has 2 N–H and O–H groups in total. The van der Waals surface area contributed by atoms with Gasteiger partial charge in [-0.25, -0.2) is 9.59 Å². The number of anilines is 2. The highest BCUT2D eigenvalue weighted by molar-refractivity contribution is 5.94. The highest BCUT2D eigenvalue weighted by atomic mass is 16.6. The molecule has 0 unspecified atom stereocenters. The SMILES string of the molecule is COc1ccc(OCCOC(=O)/C=C\C(=O)OCCOc2ccc(OC)c(NC(=O)CN(C)C)c2)cc1NC(=O)CN(C)C. The van der Waals surface area contributed by atoms with E-state index in [1.165, 1.54) is 14.2 Å². The van der Waals surface area contributed by atoms with Gasteiger partial charge in [0.05, 0.1) is 38.7 Å². The highest BCUT2D eigenvalue weighted by Crippen LogP contribution is 2.30. The van der Waals surface area contributed by atoms with E-state index in [1.807, 2.05) is 0 Å². The number of esters is 2. The lowest BCUT2D eigenvalue weighted by atomic mass is 10.2. The van der Waals surface area contributed by atoms with Gasteiger partial charge in [0.2, 0.25) is 11.8 Å². The first-order chi connectivity index (χ1) is 21.0. The summed E-state index contributed by atoms with van der Waals surface area (Å²) < 4.78 is 31.8. The van der Waals surface area contributed by atoms with E-state index in [9.17, 15) is 19.2 Å². The van der Waals surface area contributed by atoms with Gasteiger partial charge in [0.15, 0.2) is 0 Å². The molecule has 240 valence electrons. The first-order valence-corrected chi connectivity index (χ1v) is 13.5. The van der Waals surface area contributed by atoms with Crippen molar-refractivity contribution in [2.45, 2.75) is 0 Å². The van der Waals surface area contributed by atoms with Crippen LogP contribution >= 0.6 is 0 Å². The summed E-state index contributed by atoms with van der Waals surface area (Å²) >= 11 is 0. The third-order valence-electron chi connectivity index (χ3n) is 5.36. The Balaban J connectivity index is 1.71. The highest BCUT2D eigenvalue weighted by Gasteiger charge is 2.12. The van der Waals surface area contributed by atoms with Gasteiger partial charge in [0.25, 0.3) is 0 Å². The number of carbonyl (C=O) groups excluding carboxylic acids is 4. The van der Waals surface area contributed by atoms with Crippen LogP contribution in [0.1, 0.15) is 0 Å². The van der Waals surface area contributed by atoms with E-state index >= 15 is 0 Å². The number of nitrogens with one attached hydrogen (secondary N) is 2. The Kier molecular flexibility index (Phi) is 15.0. The Morgan fingerprint density at radius 2 is 1.02 bits per heavy atom. The van der Waals surface area contributed by atoms with E-state index in [2.05, 4.69) is 10.6 Å². The first kappa shape index (κ1) is 35.4. The van der Waals surface area contributed by atoms with Crippen molar-refractivity contribution >= 4 is 35.1 Å². The van der Waals surface area contributed by atoms with Gasteiger partial charge in [-0.3, -0.25) is 9.59 Å². The predicted molar refractivity (Wildman–Crippen MR) is 162 cm³/mol. The number of carbonyl (C=O) groups is 4. The molecule has 14 nitrogen and oxygen atoms in total. The molecule has 0 radical (unpaired) electrons. The van der Waals surface area contributed by atoms with E-state index in [4.69, 9.17) is 28.4 Å². The topological polar surface area (TPSA) is 154 Å². The van der Waals surface area contributed by atoms with Gasteiger partial charge in [0, 0.05) is 24.3 Å². The van der Waals surface area contributed by atoms with Gasteiger partial charge in [-0.15, -0.1) is 0 Å². The van der Waals surface area contributed by atoms with Crippen LogP contribution in [0.5, 0.6) is 23.0 Å². The van der Waals surface area contributed by atoms with Gasteiger partial charge < -0.3 is 48.9 Å². The number of nitrogens with zero attached hydrogens (tertiary/aromatic N) is 2. The maximum atomic E-state index is 12.1. The number of ether oxygens (including phenoxy) is 6. The number of likely N-dealkylation sites (N-methyl/N-ethyl adjacent to an activating group) is 2. The summed E-state index contributed by atoms with van der Waals surface area (Å²) in [5.74, 6) is -0.139. The van der Waals surface area contributed by atoms with Crippen LogP contribution in [0, 0.1) is 0 Å². The molecule has 2 aromatic rings.